The molecule has 182 valence electrons. The summed E-state index contributed by atoms with van der Waals surface area (Å²) in [5, 5.41) is 6.54. The molecule has 3 rings (SSSR count). The lowest BCUT2D eigenvalue weighted by molar-refractivity contribution is -0.155. The fourth-order valence-electron chi connectivity index (χ4n) is 4.96. The van der Waals surface area contributed by atoms with Crippen LogP contribution in [0.5, 0.6) is 0 Å². The maximum Gasteiger partial charge on any atom is 0.328 e. The molecule has 2 N–H and O–H groups in total. The lowest BCUT2D eigenvalue weighted by atomic mass is 9.92. The fraction of sp³-hybridized carbons (Fsp3) is 0.640. The van der Waals surface area contributed by atoms with Crippen molar-refractivity contribution in [2.75, 3.05) is 26.3 Å². The molecule has 2 heterocycles. The van der Waals surface area contributed by atoms with Gasteiger partial charge >= 0.3 is 11.9 Å². The molecule has 1 aromatic rings. The Kier molecular flexibility index (Phi) is 9.26. The summed E-state index contributed by atoms with van der Waals surface area (Å²) in [5.74, 6) is -0.624. The minimum atomic E-state index is -0.646. The third-order valence-electron chi connectivity index (χ3n) is 6.58. The standard InChI is InChI=1S/C25H37N3O5/c1-4-32-24(30)20(12-11-18-9-7-6-8-10-18)27-17(3)23(29)28-21(25(31)33-5-2)15-19-13-14-26-16-22(19)28/h6-10,17,19-22,26-27H,4-5,11-16H2,1-3H3/t17-,19-,20+,21+,22+/m1/s1. The van der Waals surface area contributed by atoms with Crippen molar-refractivity contribution in [2.45, 2.75) is 70.6 Å². The van der Waals surface area contributed by atoms with Crippen LogP contribution in [0.25, 0.3) is 0 Å². The number of ether oxygens (including phenoxy) is 2. The van der Waals surface area contributed by atoms with Gasteiger partial charge in [0.2, 0.25) is 5.91 Å². The van der Waals surface area contributed by atoms with Crippen molar-refractivity contribution in [3.8, 4) is 0 Å². The van der Waals surface area contributed by atoms with Gasteiger partial charge in [0.25, 0.3) is 0 Å². The van der Waals surface area contributed by atoms with Gasteiger partial charge in [-0.25, -0.2) is 4.79 Å². The molecule has 0 aromatic heterocycles. The molecule has 0 spiro atoms. The molecule has 8 nitrogen and oxygen atoms in total. The smallest absolute Gasteiger partial charge is 0.328 e. The van der Waals surface area contributed by atoms with E-state index in [0.717, 1.165) is 18.5 Å². The number of nitrogens with one attached hydrogen (secondary N) is 2. The molecule has 5 atom stereocenters. The summed E-state index contributed by atoms with van der Waals surface area (Å²) in [7, 11) is 0. The topological polar surface area (TPSA) is 97.0 Å². The summed E-state index contributed by atoms with van der Waals surface area (Å²) < 4.78 is 10.5. The molecule has 2 fully saturated rings. The van der Waals surface area contributed by atoms with Gasteiger partial charge in [0.05, 0.1) is 19.3 Å². The number of nitrogens with zero attached hydrogens (tertiary/aromatic N) is 1. The van der Waals surface area contributed by atoms with Crippen LogP contribution in [-0.2, 0) is 30.3 Å². The van der Waals surface area contributed by atoms with Crippen molar-refractivity contribution in [2.24, 2.45) is 5.92 Å². The molecule has 2 aliphatic heterocycles. The largest absolute Gasteiger partial charge is 0.465 e. The van der Waals surface area contributed by atoms with Crippen molar-refractivity contribution in [1.29, 1.82) is 0 Å². The first-order chi connectivity index (χ1) is 16.0. The summed E-state index contributed by atoms with van der Waals surface area (Å²) in [5.41, 5.74) is 1.12. The van der Waals surface area contributed by atoms with Crippen LogP contribution in [0.3, 0.4) is 0 Å². The minimum Gasteiger partial charge on any atom is -0.465 e. The highest BCUT2D eigenvalue weighted by Crippen LogP contribution is 2.35. The van der Waals surface area contributed by atoms with Gasteiger partial charge in [-0.05, 0) is 64.5 Å². The van der Waals surface area contributed by atoms with E-state index in [9.17, 15) is 14.4 Å². The quantitative estimate of drug-likeness (QED) is 0.514. The van der Waals surface area contributed by atoms with Crippen molar-refractivity contribution in [3.05, 3.63) is 35.9 Å². The Balaban J connectivity index is 1.72. The number of hydrogen-bond donors (Lipinski definition) is 2. The molecule has 0 saturated carbocycles. The van der Waals surface area contributed by atoms with Gasteiger partial charge in [0.15, 0.2) is 0 Å². The summed E-state index contributed by atoms with van der Waals surface area (Å²) >= 11 is 0. The molecule has 0 bridgehead atoms. The Morgan fingerprint density at radius 1 is 1.15 bits per heavy atom. The van der Waals surface area contributed by atoms with E-state index in [2.05, 4.69) is 10.6 Å². The number of benzene rings is 1. The molecule has 2 saturated heterocycles. The Bertz CT molecular complexity index is 802. The van der Waals surface area contributed by atoms with Crippen LogP contribution >= 0.6 is 0 Å². The normalized spacial score (nSPS) is 24.0. The second kappa shape index (κ2) is 12.1. The van der Waals surface area contributed by atoms with Crippen LogP contribution in [0, 0.1) is 5.92 Å². The Morgan fingerprint density at radius 3 is 2.58 bits per heavy atom. The zero-order valence-corrected chi connectivity index (χ0v) is 19.9. The first kappa shape index (κ1) is 25.2. The maximum absolute atomic E-state index is 13.6. The SMILES string of the molecule is CCOC(=O)[C@H](CCc1ccccc1)N[C@H](C)C(=O)N1[C@H](C(=O)OCC)C[C@H]2CCNC[C@@H]21. The number of piperidine rings is 1. The summed E-state index contributed by atoms with van der Waals surface area (Å²) in [6.45, 7) is 7.40. The molecule has 1 aromatic carbocycles. The second-order valence-electron chi connectivity index (χ2n) is 8.79. The third kappa shape index (κ3) is 6.32. The molecular formula is C25H37N3O5. The molecule has 0 radical (unpaired) electrons. The Morgan fingerprint density at radius 2 is 1.88 bits per heavy atom. The molecule has 0 aliphatic carbocycles. The first-order valence-electron chi connectivity index (χ1n) is 12.1. The van der Waals surface area contributed by atoms with Crippen LogP contribution in [0.2, 0.25) is 0 Å². The number of fused-ring (bicyclic) bond motifs is 1. The third-order valence-corrected chi connectivity index (χ3v) is 6.58. The van der Waals surface area contributed by atoms with Crippen LogP contribution in [-0.4, -0.2) is 73.2 Å². The van der Waals surface area contributed by atoms with Crippen LogP contribution in [0.4, 0.5) is 0 Å². The average molecular weight is 460 g/mol. The molecule has 0 unspecified atom stereocenters. The van der Waals surface area contributed by atoms with E-state index in [-0.39, 0.29) is 43.0 Å². The molecule has 8 heteroatoms. The van der Waals surface area contributed by atoms with Crippen LogP contribution < -0.4 is 10.6 Å². The van der Waals surface area contributed by atoms with Crippen molar-refractivity contribution in [1.82, 2.24) is 15.5 Å². The summed E-state index contributed by atoms with van der Waals surface area (Å²) in [4.78, 5) is 40.6. The second-order valence-corrected chi connectivity index (χ2v) is 8.79. The first-order valence-corrected chi connectivity index (χ1v) is 12.1. The van der Waals surface area contributed by atoms with E-state index < -0.39 is 18.1 Å². The predicted octanol–water partition coefficient (Wildman–Crippen LogP) is 1.67. The van der Waals surface area contributed by atoms with E-state index in [1.807, 2.05) is 30.3 Å². The summed E-state index contributed by atoms with van der Waals surface area (Å²) in [6, 6.07) is 8.02. The van der Waals surface area contributed by atoms with Crippen LogP contribution in [0.1, 0.15) is 45.6 Å². The van der Waals surface area contributed by atoms with Gasteiger partial charge in [0.1, 0.15) is 12.1 Å². The number of hydrogen-bond acceptors (Lipinski definition) is 7. The molecule has 33 heavy (non-hydrogen) atoms. The van der Waals surface area contributed by atoms with Gasteiger partial charge in [-0.1, -0.05) is 30.3 Å². The number of esters is 2. The average Bonchev–Trinajstić information content (AvgIpc) is 3.21. The van der Waals surface area contributed by atoms with Crippen molar-refractivity contribution < 1.29 is 23.9 Å². The predicted molar refractivity (Wildman–Crippen MR) is 124 cm³/mol. The van der Waals surface area contributed by atoms with Gasteiger partial charge in [-0.2, -0.15) is 0 Å². The van der Waals surface area contributed by atoms with E-state index in [1.165, 1.54) is 0 Å². The highest BCUT2D eigenvalue weighted by Gasteiger charge is 2.49. The monoisotopic (exact) mass is 459 g/mol. The lowest BCUT2D eigenvalue weighted by Crippen LogP contribution is -2.58. The molecule has 2 aliphatic rings. The Hall–Kier alpha value is -2.45. The van der Waals surface area contributed by atoms with Gasteiger partial charge in [0, 0.05) is 12.6 Å². The molecular weight excluding hydrogens is 422 g/mol. The highest BCUT2D eigenvalue weighted by atomic mass is 16.5. The van der Waals surface area contributed by atoms with Crippen molar-refractivity contribution >= 4 is 17.8 Å². The minimum absolute atomic E-state index is 0.0460. The van der Waals surface area contributed by atoms with E-state index in [4.69, 9.17) is 9.47 Å². The number of likely N-dealkylation sites (tertiary alicyclic amines) is 1. The lowest BCUT2D eigenvalue weighted by Gasteiger charge is -2.36. The van der Waals surface area contributed by atoms with Gasteiger partial charge in [-0.3, -0.25) is 14.9 Å². The number of carbonyl (C=O) groups is 3. The number of aryl methyl sites for hydroxylation is 1. The number of rotatable bonds is 10. The van der Waals surface area contributed by atoms with E-state index >= 15 is 0 Å². The van der Waals surface area contributed by atoms with E-state index in [0.29, 0.717) is 25.8 Å². The molecule has 1 amide bonds. The van der Waals surface area contributed by atoms with Gasteiger partial charge < -0.3 is 19.7 Å². The van der Waals surface area contributed by atoms with E-state index in [1.54, 1.807) is 25.7 Å². The van der Waals surface area contributed by atoms with Crippen molar-refractivity contribution in [3.63, 3.8) is 0 Å². The number of carbonyl (C=O) groups excluding carboxylic acids is 3. The number of amides is 1. The fourth-order valence-corrected chi connectivity index (χ4v) is 4.96. The summed E-state index contributed by atoms with van der Waals surface area (Å²) in [6.07, 6.45) is 2.74. The maximum atomic E-state index is 13.6. The Labute approximate surface area is 196 Å². The zero-order chi connectivity index (χ0) is 23.8. The van der Waals surface area contributed by atoms with Gasteiger partial charge in [-0.15, -0.1) is 0 Å². The zero-order valence-electron chi connectivity index (χ0n) is 19.9. The van der Waals surface area contributed by atoms with Crippen LogP contribution in [0.15, 0.2) is 30.3 Å². The highest BCUT2D eigenvalue weighted by molar-refractivity contribution is 5.89.